The molecule has 0 amide bonds. The highest BCUT2D eigenvalue weighted by Crippen LogP contribution is 2.18. The average Bonchev–Trinajstić information content (AvgIpc) is 2.27. The number of rotatable bonds is 8. The maximum atomic E-state index is 2.71. The van der Waals surface area contributed by atoms with Crippen LogP contribution in [0.1, 0.15) is 53.4 Å². The summed E-state index contributed by atoms with van der Waals surface area (Å²) in [6.45, 7) is 15.8. The van der Waals surface area contributed by atoms with Gasteiger partial charge in [-0.2, -0.15) is 0 Å². The molecule has 0 aromatic heterocycles. The first-order chi connectivity index (χ1) is 8.97. The molecule has 1 unspecified atom stereocenters. The van der Waals surface area contributed by atoms with Crippen molar-refractivity contribution in [2.75, 3.05) is 39.8 Å². The second kappa shape index (κ2) is 8.97. The molecule has 0 bridgehead atoms. The van der Waals surface area contributed by atoms with Gasteiger partial charge < -0.3 is 9.80 Å². The van der Waals surface area contributed by atoms with E-state index in [1.54, 1.807) is 0 Å². The highest BCUT2D eigenvalue weighted by Gasteiger charge is 2.20. The van der Waals surface area contributed by atoms with Crippen LogP contribution in [0.5, 0.6) is 0 Å². The Morgan fingerprint density at radius 1 is 1.16 bits per heavy atom. The van der Waals surface area contributed by atoms with Gasteiger partial charge in [-0.05, 0) is 63.6 Å². The quantitative estimate of drug-likeness (QED) is 0.662. The Morgan fingerprint density at radius 3 is 2.53 bits per heavy atom. The molecular weight excluding hydrogens is 232 g/mol. The van der Waals surface area contributed by atoms with Gasteiger partial charge in [-0.3, -0.25) is 0 Å². The van der Waals surface area contributed by atoms with E-state index in [0.29, 0.717) is 0 Å². The van der Waals surface area contributed by atoms with Crippen molar-refractivity contribution in [3.63, 3.8) is 0 Å². The number of hydrogen-bond acceptors (Lipinski definition) is 2. The summed E-state index contributed by atoms with van der Waals surface area (Å²) in [4.78, 5) is 5.24. The Morgan fingerprint density at radius 2 is 1.89 bits per heavy atom. The van der Waals surface area contributed by atoms with Gasteiger partial charge in [0, 0.05) is 19.6 Å². The van der Waals surface area contributed by atoms with Crippen molar-refractivity contribution >= 4 is 0 Å². The molecular formula is C17H36N2. The number of piperidine rings is 1. The molecule has 1 heterocycles. The molecule has 1 aliphatic rings. The number of likely N-dealkylation sites (tertiary alicyclic amines) is 1. The van der Waals surface area contributed by atoms with E-state index in [2.05, 4.69) is 44.5 Å². The predicted molar refractivity (Wildman–Crippen MR) is 85.6 cm³/mol. The van der Waals surface area contributed by atoms with Crippen molar-refractivity contribution in [1.82, 2.24) is 9.80 Å². The van der Waals surface area contributed by atoms with Gasteiger partial charge in [0.15, 0.2) is 0 Å². The molecule has 2 heteroatoms. The molecule has 0 radical (unpaired) electrons. The molecule has 0 N–H and O–H groups in total. The van der Waals surface area contributed by atoms with Crippen LogP contribution in [0.15, 0.2) is 0 Å². The minimum Gasteiger partial charge on any atom is -0.306 e. The summed E-state index contributed by atoms with van der Waals surface area (Å²) in [5.41, 5.74) is 0. The summed E-state index contributed by atoms with van der Waals surface area (Å²) >= 11 is 0. The molecule has 1 saturated heterocycles. The van der Waals surface area contributed by atoms with E-state index < -0.39 is 0 Å². The topological polar surface area (TPSA) is 6.48 Å². The zero-order valence-corrected chi connectivity index (χ0v) is 14.0. The first-order valence-corrected chi connectivity index (χ1v) is 8.38. The molecule has 0 aromatic rings. The van der Waals surface area contributed by atoms with E-state index >= 15 is 0 Å². The van der Waals surface area contributed by atoms with Crippen LogP contribution in [0.4, 0.5) is 0 Å². The van der Waals surface area contributed by atoms with Crippen molar-refractivity contribution in [1.29, 1.82) is 0 Å². The zero-order valence-electron chi connectivity index (χ0n) is 14.0. The van der Waals surface area contributed by atoms with Crippen molar-refractivity contribution < 1.29 is 0 Å². The smallest absolute Gasteiger partial charge is 0.00219 e. The van der Waals surface area contributed by atoms with E-state index in [4.69, 9.17) is 0 Å². The van der Waals surface area contributed by atoms with E-state index in [1.807, 2.05) is 0 Å². The normalized spacial score (nSPS) is 21.8. The van der Waals surface area contributed by atoms with Gasteiger partial charge in [0.25, 0.3) is 0 Å². The van der Waals surface area contributed by atoms with Crippen molar-refractivity contribution in [2.24, 2.45) is 17.8 Å². The Labute approximate surface area is 121 Å². The molecule has 1 fully saturated rings. The molecule has 0 aromatic carbocycles. The Bertz CT molecular complexity index is 225. The van der Waals surface area contributed by atoms with E-state index in [1.165, 1.54) is 58.4 Å². The van der Waals surface area contributed by atoms with Crippen LogP contribution in [-0.2, 0) is 0 Å². The van der Waals surface area contributed by atoms with Gasteiger partial charge in [-0.25, -0.2) is 0 Å². The first kappa shape index (κ1) is 17.0. The molecule has 114 valence electrons. The highest BCUT2D eigenvalue weighted by molar-refractivity contribution is 4.75. The molecule has 2 nitrogen and oxygen atoms in total. The van der Waals surface area contributed by atoms with Crippen LogP contribution in [0, 0.1) is 17.8 Å². The highest BCUT2D eigenvalue weighted by atomic mass is 15.1. The van der Waals surface area contributed by atoms with Gasteiger partial charge in [0.05, 0.1) is 0 Å². The van der Waals surface area contributed by atoms with Crippen molar-refractivity contribution in [2.45, 2.75) is 53.4 Å². The number of nitrogens with zero attached hydrogens (tertiary/aromatic N) is 2. The fraction of sp³-hybridized carbons (Fsp3) is 1.00. The van der Waals surface area contributed by atoms with E-state index in [-0.39, 0.29) is 0 Å². The lowest BCUT2D eigenvalue weighted by Gasteiger charge is -2.35. The second-order valence-electron chi connectivity index (χ2n) is 7.46. The van der Waals surface area contributed by atoms with Gasteiger partial charge in [0.1, 0.15) is 0 Å². The molecule has 0 saturated carbocycles. The first-order valence-electron chi connectivity index (χ1n) is 8.38. The van der Waals surface area contributed by atoms with Crippen LogP contribution in [0.3, 0.4) is 0 Å². The summed E-state index contributed by atoms with van der Waals surface area (Å²) < 4.78 is 0. The van der Waals surface area contributed by atoms with Crippen molar-refractivity contribution in [3.05, 3.63) is 0 Å². The summed E-state index contributed by atoms with van der Waals surface area (Å²) in [5.74, 6) is 2.55. The Kier molecular flexibility index (Phi) is 8.01. The minimum atomic E-state index is 0.788. The summed E-state index contributed by atoms with van der Waals surface area (Å²) in [7, 11) is 2.29. The molecule has 0 spiro atoms. The maximum Gasteiger partial charge on any atom is 0.00219 e. The Balaban J connectivity index is 2.21. The fourth-order valence-corrected chi connectivity index (χ4v) is 3.37. The second-order valence-corrected chi connectivity index (χ2v) is 7.46. The molecule has 1 rings (SSSR count). The monoisotopic (exact) mass is 268 g/mol. The molecule has 0 aliphatic carbocycles. The van der Waals surface area contributed by atoms with Crippen LogP contribution < -0.4 is 0 Å². The molecule has 1 atom stereocenters. The SMILES string of the molecule is CC(C)CCCN1CCCC(CN(C)CC(C)C)C1. The summed E-state index contributed by atoms with van der Waals surface area (Å²) in [6, 6.07) is 0. The summed E-state index contributed by atoms with van der Waals surface area (Å²) in [5, 5.41) is 0. The molecule has 19 heavy (non-hydrogen) atoms. The third-order valence-electron chi connectivity index (χ3n) is 4.11. The predicted octanol–water partition coefficient (Wildman–Crippen LogP) is 3.72. The van der Waals surface area contributed by atoms with Crippen LogP contribution in [-0.4, -0.2) is 49.6 Å². The number of hydrogen-bond donors (Lipinski definition) is 0. The van der Waals surface area contributed by atoms with Gasteiger partial charge >= 0.3 is 0 Å². The summed E-state index contributed by atoms with van der Waals surface area (Å²) in [6.07, 6.45) is 5.60. The maximum absolute atomic E-state index is 2.71. The van der Waals surface area contributed by atoms with E-state index in [9.17, 15) is 0 Å². The lowest BCUT2D eigenvalue weighted by Crippen LogP contribution is -2.41. The third kappa shape index (κ3) is 7.94. The van der Waals surface area contributed by atoms with Crippen LogP contribution in [0.25, 0.3) is 0 Å². The Hall–Kier alpha value is -0.0800. The van der Waals surface area contributed by atoms with Gasteiger partial charge in [0.2, 0.25) is 0 Å². The standard InChI is InChI=1S/C17H36N2/c1-15(2)8-6-10-19-11-7-9-17(14-19)13-18(5)12-16(3)4/h15-17H,6-14H2,1-5H3. The molecule has 1 aliphatic heterocycles. The lowest BCUT2D eigenvalue weighted by atomic mass is 9.96. The van der Waals surface area contributed by atoms with Crippen LogP contribution >= 0.6 is 0 Å². The third-order valence-corrected chi connectivity index (χ3v) is 4.11. The van der Waals surface area contributed by atoms with Crippen molar-refractivity contribution in [3.8, 4) is 0 Å². The zero-order chi connectivity index (χ0) is 14.3. The lowest BCUT2D eigenvalue weighted by molar-refractivity contribution is 0.136. The van der Waals surface area contributed by atoms with E-state index in [0.717, 1.165) is 17.8 Å². The van der Waals surface area contributed by atoms with Gasteiger partial charge in [-0.15, -0.1) is 0 Å². The minimum absolute atomic E-state index is 0.788. The largest absolute Gasteiger partial charge is 0.306 e. The van der Waals surface area contributed by atoms with Gasteiger partial charge in [-0.1, -0.05) is 27.7 Å². The fourth-order valence-electron chi connectivity index (χ4n) is 3.37. The average molecular weight is 268 g/mol. The van der Waals surface area contributed by atoms with Crippen LogP contribution in [0.2, 0.25) is 0 Å².